The predicted octanol–water partition coefficient (Wildman–Crippen LogP) is 5.54. The van der Waals surface area contributed by atoms with Crippen molar-refractivity contribution in [2.75, 3.05) is 0 Å². The maximum Gasteiger partial charge on any atom is 0.123 e. The highest BCUT2D eigenvalue weighted by atomic mass is 79.9. The molecule has 0 amide bonds. The summed E-state index contributed by atoms with van der Waals surface area (Å²) in [5.41, 5.74) is 2.47. The van der Waals surface area contributed by atoms with Gasteiger partial charge in [-0.15, -0.1) is 0 Å². The molecule has 0 saturated carbocycles. The second kappa shape index (κ2) is 7.44. The van der Waals surface area contributed by atoms with E-state index in [0.717, 1.165) is 29.3 Å². The van der Waals surface area contributed by atoms with Gasteiger partial charge in [0.05, 0.1) is 0 Å². The third-order valence-electron chi connectivity index (χ3n) is 3.21. The van der Waals surface area contributed by atoms with Crippen molar-refractivity contribution in [3.63, 3.8) is 0 Å². The van der Waals surface area contributed by atoms with Crippen molar-refractivity contribution >= 4 is 15.9 Å². The zero-order chi connectivity index (χ0) is 13.5. The molecular formula is C17H18BrF. The van der Waals surface area contributed by atoms with Crippen molar-refractivity contribution in [1.29, 1.82) is 0 Å². The van der Waals surface area contributed by atoms with Crippen LogP contribution in [-0.2, 0) is 12.8 Å². The number of unbranched alkanes of at least 4 members (excludes halogenated alkanes) is 2. The first-order chi connectivity index (χ1) is 9.24. The minimum absolute atomic E-state index is 0.133. The molecule has 100 valence electrons. The fourth-order valence-corrected chi connectivity index (χ4v) is 2.67. The zero-order valence-corrected chi connectivity index (χ0v) is 12.5. The summed E-state index contributed by atoms with van der Waals surface area (Å²) in [7, 11) is 0. The molecule has 2 aromatic rings. The number of rotatable bonds is 6. The molecule has 0 aliphatic heterocycles. The van der Waals surface area contributed by atoms with Crippen LogP contribution in [0.25, 0.3) is 0 Å². The van der Waals surface area contributed by atoms with E-state index in [2.05, 4.69) is 34.1 Å². The highest BCUT2D eigenvalue weighted by molar-refractivity contribution is 9.10. The molecule has 0 aliphatic rings. The molecule has 2 heteroatoms. The lowest BCUT2D eigenvalue weighted by atomic mass is 10.0. The van der Waals surface area contributed by atoms with E-state index < -0.39 is 0 Å². The summed E-state index contributed by atoms with van der Waals surface area (Å²) in [5.74, 6) is -0.133. The smallest absolute Gasteiger partial charge is 0.123 e. The van der Waals surface area contributed by atoms with Crippen LogP contribution in [0.3, 0.4) is 0 Å². The summed E-state index contributed by atoms with van der Waals surface area (Å²) < 4.78 is 14.1. The van der Waals surface area contributed by atoms with E-state index in [9.17, 15) is 4.39 Å². The Morgan fingerprint density at radius 2 is 1.42 bits per heavy atom. The molecule has 19 heavy (non-hydrogen) atoms. The molecule has 2 rings (SSSR count). The quantitative estimate of drug-likeness (QED) is 0.613. The van der Waals surface area contributed by atoms with Gasteiger partial charge in [0, 0.05) is 4.47 Å². The third-order valence-corrected chi connectivity index (χ3v) is 3.70. The monoisotopic (exact) mass is 320 g/mol. The van der Waals surface area contributed by atoms with Crippen molar-refractivity contribution in [2.24, 2.45) is 0 Å². The Labute approximate surface area is 122 Å². The molecule has 0 radical (unpaired) electrons. The van der Waals surface area contributed by atoms with Gasteiger partial charge in [-0.05, 0) is 61.1 Å². The van der Waals surface area contributed by atoms with Crippen LogP contribution in [0.4, 0.5) is 4.39 Å². The van der Waals surface area contributed by atoms with Gasteiger partial charge in [-0.25, -0.2) is 4.39 Å². The first-order valence-corrected chi connectivity index (χ1v) is 7.52. The van der Waals surface area contributed by atoms with Crippen LogP contribution in [0.5, 0.6) is 0 Å². The van der Waals surface area contributed by atoms with Crippen LogP contribution in [0.15, 0.2) is 53.0 Å². The average molecular weight is 321 g/mol. The van der Waals surface area contributed by atoms with Gasteiger partial charge in [-0.3, -0.25) is 0 Å². The summed E-state index contributed by atoms with van der Waals surface area (Å²) in [6.45, 7) is 0. The number of aryl methyl sites for hydroxylation is 2. The average Bonchev–Trinajstić information content (AvgIpc) is 2.38. The summed E-state index contributed by atoms with van der Waals surface area (Å²) in [4.78, 5) is 0. The van der Waals surface area contributed by atoms with E-state index in [1.165, 1.54) is 24.5 Å². The Morgan fingerprint density at radius 3 is 2.05 bits per heavy atom. The molecule has 0 unspecified atom stereocenters. The van der Waals surface area contributed by atoms with Gasteiger partial charge in [0.1, 0.15) is 5.82 Å². The maximum absolute atomic E-state index is 13.0. The topological polar surface area (TPSA) is 0 Å². The molecule has 0 aromatic heterocycles. The normalized spacial score (nSPS) is 10.6. The number of benzene rings is 2. The first kappa shape index (κ1) is 14.3. The molecule has 0 atom stereocenters. The highest BCUT2D eigenvalue weighted by Crippen LogP contribution is 2.15. The fourth-order valence-electron chi connectivity index (χ4n) is 2.22. The van der Waals surface area contributed by atoms with Crippen LogP contribution in [0, 0.1) is 5.82 Å². The van der Waals surface area contributed by atoms with Crippen LogP contribution >= 0.6 is 15.9 Å². The zero-order valence-electron chi connectivity index (χ0n) is 10.9. The SMILES string of the molecule is Fc1cccc(CCCCCc2cccc(Br)c2)c1. The number of halogens is 2. The van der Waals surface area contributed by atoms with Gasteiger partial charge in [0.2, 0.25) is 0 Å². The summed E-state index contributed by atoms with van der Waals surface area (Å²) in [6, 6.07) is 15.4. The largest absolute Gasteiger partial charge is 0.207 e. The van der Waals surface area contributed by atoms with Gasteiger partial charge in [0.15, 0.2) is 0 Å². The molecule has 2 aromatic carbocycles. The fraction of sp³-hybridized carbons (Fsp3) is 0.294. The van der Waals surface area contributed by atoms with Crippen molar-refractivity contribution in [2.45, 2.75) is 32.1 Å². The Bertz CT molecular complexity index is 475. The van der Waals surface area contributed by atoms with Crippen LogP contribution in [0.2, 0.25) is 0 Å². The van der Waals surface area contributed by atoms with Crippen LogP contribution < -0.4 is 0 Å². The van der Waals surface area contributed by atoms with E-state index in [1.807, 2.05) is 12.1 Å². The van der Waals surface area contributed by atoms with E-state index in [1.54, 1.807) is 12.1 Å². The lowest BCUT2D eigenvalue weighted by molar-refractivity contribution is 0.622. The number of hydrogen-bond acceptors (Lipinski definition) is 0. The second-order valence-corrected chi connectivity index (χ2v) is 5.74. The molecule has 0 bridgehead atoms. The van der Waals surface area contributed by atoms with Crippen LogP contribution in [0.1, 0.15) is 30.4 Å². The van der Waals surface area contributed by atoms with Gasteiger partial charge in [-0.2, -0.15) is 0 Å². The first-order valence-electron chi connectivity index (χ1n) is 6.73. The Balaban J connectivity index is 1.67. The molecule has 0 nitrogen and oxygen atoms in total. The number of hydrogen-bond donors (Lipinski definition) is 0. The standard InChI is InChI=1S/C17H18BrF/c18-16-10-4-8-14(12-16)6-2-1-3-7-15-9-5-11-17(19)13-15/h4-5,8-13H,1-3,6-7H2. The van der Waals surface area contributed by atoms with Gasteiger partial charge < -0.3 is 0 Å². The second-order valence-electron chi connectivity index (χ2n) is 4.82. The maximum atomic E-state index is 13.0. The van der Waals surface area contributed by atoms with Gasteiger partial charge >= 0.3 is 0 Å². The van der Waals surface area contributed by atoms with E-state index in [0.29, 0.717) is 0 Å². The molecular weight excluding hydrogens is 303 g/mol. The van der Waals surface area contributed by atoms with Crippen LogP contribution in [-0.4, -0.2) is 0 Å². The Hall–Kier alpha value is -1.15. The van der Waals surface area contributed by atoms with E-state index >= 15 is 0 Å². The summed E-state index contributed by atoms with van der Waals surface area (Å²) in [5, 5.41) is 0. The Kier molecular flexibility index (Phi) is 5.59. The van der Waals surface area contributed by atoms with Crippen molar-refractivity contribution in [3.05, 3.63) is 69.9 Å². The van der Waals surface area contributed by atoms with Gasteiger partial charge in [-0.1, -0.05) is 46.6 Å². The van der Waals surface area contributed by atoms with Crippen molar-refractivity contribution in [1.82, 2.24) is 0 Å². The lowest BCUT2D eigenvalue weighted by Crippen LogP contribution is -1.89. The van der Waals surface area contributed by atoms with E-state index in [-0.39, 0.29) is 5.82 Å². The van der Waals surface area contributed by atoms with Gasteiger partial charge in [0.25, 0.3) is 0 Å². The lowest BCUT2D eigenvalue weighted by Gasteiger charge is -2.03. The molecule has 0 saturated heterocycles. The molecule has 0 N–H and O–H groups in total. The third kappa shape index (κ3) is 5.15. The Morgan fingerprint density at radius 1 is 0.789 bits per heavy atom. The molecule has 0 fully saturated rings. The predicted molar refractivity (Wildman–Crippen MR) is 81.8 cm³/mol. The molecule has 0 heterocycles. The minimum atomic E-state index is -0.133. The minimum Gasteiger partial charge on any atom is -0.207 e. The summed E-state index contributed by atoms with van der Waals surface area (Å²) in [6.07, 6.45) is 5.57. The highest BCUT2D eigenvalue weighted by Gasteiger charge is 1.97. The molecule has 0 aliphatic carbocycles. The van der Waals surface area contributed by atoms with Crippen molar-refractivity contribution < 1.29 is 4.39 Å². The van der Waals surface area contributed by atoms with E-state index in [4.69, 9.17) is 0 Å². The molecule has 0 spiro atoms. The summed E-state index contributed by atoms with van der Waals surface area (Å²) >= 11 is 3.49. The van der Waals surface area contributed by atoms with Crippen molar-refractivity contribution in [3.8, 4) is 0 Å².